The Bertz CT molecular complexity index is 1210. The molecule has 2 amide bonds. The summed E-state index contributed by atoms with van der Waals surface area (Å²) in [6, 6.07) is 7.89. The van der Waals surface area contributed by atoms with E-state index in [-0.39, 0.29) is 38.4 Å². The predicted molar refractivity (Wildman–Crippen MR) is 173 cm³/mol. The molecule has 2 heterocycles. The van der Waals surface area contributed by atoms with E-state index in [0.29, 0.717) is 6.42 Å². The number of aliphatic hydroxyl groups is 7. The Morgan fingerprint density at radius 2 is 1.54 bits per heavy atom. The summed E-state index contributed by atoms with van der Waals surface area (Å²) in [4.78, 5) is 27.0. The van der Waals surface area contributed by atoms with Gasteiger partial charge in [-0.2, -0.15) is 0 Å². The van der Waals surface area contributed by atoms with Crippen molar-refractivity contribution in [2.24, 2.45) is 17.6 Å². The second-order valence-corrected chi connectivity index (χ2v) is 13.4. The second-order valence-electron chi connectivity index (χ2n) is 13.4. The zero-order valence-corrected chi connectivity index (χ0v) is 28.5. The fraction of sp³-hybridized carbons (Fsp3) is 0.758. The van der Waals surface area contributed by atoms with Gasteiger partial charge in [-0.3, -0.25) is 4.79 Å². The van der Waals surface area contributed by atoms with Gasteiger partial charge in [-0.15, -0.1) is 0 Å². The van der Waals surface area contributed by atoms with Crippen LogP contribution in [0.3, 0.4) is 0 Å². The average Bonchev–Trinajstić information content (AvgIpc) is 3.10. The van der Waals surface area contributed by atoms with E-state index in [2.05, 4.69) is 5.32 Å². The molecule has 0 radical (unpaired) electrons. The van der Waals surface area contributed by atoms with Crippen LogP contribution in [0, 0.1) is 11.8 Å². The van der Waals surface area contributed by atoms with Gasteiger partial charge in [-0.25, -0.2) is 4.79 Å². The minimum Gasteiger partial charge on any atom is -0.445 e. The average molecular weight is 716 g/mol. The summed E-state index contributed by atoms with van der Waals surface area (Å²) in [7, 11) is 1.55. The molecule has 50 heavy (non-hydrogen) atoms. The summed E-state index contributed by atoms with van der Waals surface area (Å²) in [5.41, 5.74) is 6.80. The first-order chi connectivity index (χ1) is 23.8. The number of ether oxygens (including phenoxy) is 5. The first-order valence-corrected chi connectivity index (χ1v) is 17.0. The molecule has 17 nitrogen and oxygen atoms in total. The van der Waals surface area contributed by atoms with Crippen LogP contribution in [0.5, 0.6) is 0 Å². The monoisotopic (exact) mass is 715 g/mol. The van der Waals surface area contributed by atoms with Gasteiger partial charge in [0.15, 0.2) is 12.6 Å². The third-order valence-corrected chi connectivity index (χ3v) is 9.76. The van der Waals surface area contributed by atoms with Crippen LogP contribution in [0.1, 0.15) is 38.7 Å². The van der Waals surface area contributed by atoms with Crippen molar-refractivity contribution in [3.63, 3.8) is 0 Å². The molecular weight excluding hydrogens is 662 g/mol. The number of hydrogen-bond donors (Lipinski definition) is 9. The molecular formula is C33H53N3O14. The molecule has 1 unspecified atom stereocenters. The van der Waals surface area contributed by atoms with E-state index in [1.807, 2.05) is 30.3 Å². The zero-order chi connectivity index (χ0) is 36.7. The maximum Gasteiger partial charge on any atom is 0.407 e. The highest BCUT2D eigenvalue weighted by Gasteiger charge is 2.52. The van der Waals surface area contributed by atoms with Crippen LogP contribution in [0.15, 0.2) is 30.3 Å². The molecule has 1 aromatic carbocycles. The van der Waals surface area contributed by atoms with Crippen molar-refractivity contribution < 1.29 is 69.0 Å². The maximum atomic E-state index is 13.4. The lowest BCUT2D eigenvalue weighted by Crippen LogP contribution is -2.65. The Balaban J connectivity index is 1.43. The van der Waals surface area contributed by atoms with Gasteiger partial charge in [0.1, 0.15) is 49.3 Å². The van der Waals surface area contributed by atoms with Crippen LogP contribution in [0.4, 0.5) is 4.79 Å². The molecule has 4 rings (SSSR count). The molecule has 3 fully saturated rings. The van der Waals surface area contributed by atoms with Gasteiger partial charge >= 0.3 is 6.09 Å². The third kappa shape index (κ3) is 9.67. The quantitative estimate of drug-likeness (QED) is 0.103. The van der Waals surface area contributed by atoms with Crippen LogP contribution >= 0.6 is 0 Å². The van der Waals surface area contributed by atoms with Crippen molar-refractivity contribution in [2.75, 3.05) is 26.7 Å². The summed E-state index contributed by atoms with van der Waals surface area (Å²) in [5.74, 6) is -1.49. The predicted octanol–water partition coefficient (Wildman–Crippen LogP) is -2.47. The van der Waals surface area contributed by atoms with Gasteiger partial charge in [0, 0.05) is 26.6 Å². The number of likely N-dealkylation sites (N-methyl/N-ethyl adjacent to an activating group) is 1. The van der Waals surface area contributed by atoms with Gasteiger partial charge in [-0.05, 0) is 30.2 Å². The molecule has 2 saturated heterocycles. The molecule has 1 aliphatic carbocycles. The number of alkyl carbamates (subject to hydrolysis) is 1. The van der Waals surface area contributed by atoms with E-state index in [1.54, 1.807) is 20.9 Å². The molecule has 0 aromatic heterocycles. The van der Waals surface area contributed by atoms with Gasteiger partial charge in [-0.1, -0.05) is 44.2 Å². The highest BCUT2D eigenvalue weighted by molar-refractivity contribution is 5.76. The summed E-state index contributed by atoms with van der Waals surface area (Å²) in [5, 5.41) is 76.5. The topological polar surface area (TPSA) is 263 Å². The van der Waals surface area contributed by atoms with Crippen molar-refractivity contribution in [3.8, 4) is 0 Å². The minimum absolute atomic E-state index is 0.0889. The molecule has 1 aromatic rings. The maximum absolute atomic E-state index is 13.4. The number of nitrogens with zero attached hydrogens (tertiary/aromatic N) is 1. The Hall–Kier alpha value is -2.52. The van der Waals surface area contributed by atoms with Crippen molar-refractivity contribution >= 4 is 12.0 Å². The van der Waals surface area contributed by atoms with Gasteiger partial charge in [0.2, 0.25) is 5.91 Å². The normalized spacial score (nSPS) is 39.1. The lowest BCUT2D eigenvalue weighted by Gasteiger charge is -2.49. The molecule has 284 valence electrons. The largest absolute Gasteiger partial charge is 0.445 e. The first-order valence-electron chi connectivity index (χ1n) is 17.0. The fourth-order valence-electron chi connectivity index (χ4n) is 6.66. The van der Waals surface area contributed by atoms with Crippen molar-refractivity contribution in [1.29, 1.82) is 0 Å². The summed E-state index contributed by atoms with van der Waals surface area (Å²) in [6.45, 7) is 3.17. The minimum atomic E-state index is -1.64. The number of nitrogens with two attached hydrogens (primary N) is 1. The number of hydrogen-bond acceptors (Lipinski definition) is 15. The van der Waals surface area contributed by atoms with E-state index in [4.69, 9.17) is 29.4 Å². The smallest absolute Gasteiger partial charge is 0.407 e. The van der Waals surface area contributed by atoms with E-state index >= 15 is 0 Å². The summed E-state index contributed by atoms with van der Waals surface area (Å²) in [6.07, 6.45) is -16.6. The van der Waals surface area contributed by atoms with Crippen LogP contribution in [0.2, 0.25) is 0 Å². The van der Waals surface area contributed by atoms with E-state index in [9.17, 15) is 45.3 Å². The molecule has 0 spiro atoms. The van der Waals surface area contributed by atoms with Crippen LogP contribution in [-0.2, 0) is 35.1 Å². The Morgan fingerprint density at radius 3 is 2.20 bits per heavy atom. The SMILES string of the molecule is CC[C@H]1O[C@H](OC2[C@@H](C)C[C@@H](CC(=O)N(C)CCNC(=O)OCc3ccccc3)[C@H](O[C@H]3O[C@H](CO)[C@@H](O)[C@H](N)[C@H]3O)[C@H]2O)[C@H](O)[C@@H](O)[C@@H]1O. The summed E-state index contributed by atoms with van der Waals surface area (Å²) >= 11 is 0. The third-order valence-electron chi connectivity index (χ3n) is 9.76. The number of carbonyl (C=O) groups excluding carboxylic acids is 2. The molecule has 15 atom stereocenters. The number of aliphatic hydroxyl groups excluding tert-OH is 7. The molecule has 10 N–H and O–H groups in total. The lowest BCUT2D eigenvalue weighted by atomic mass is 9.74. The zero-order valence-electron chi connectivity index (χ0n) is 28.5. The molecule has 1 saturated carbocycles. The Kier molecular flexibility index (Phi) is 14.7. The molecule has 17 heteroatoms. The van der Waals surface area contributed by atoms with E-state index in [0.717, 1.165) is 5.56 Å². The van der Waals surface area contributed by atoms with Gasteiger partial charge < -0.3 is 75.4 Å². The van der Waals surface area contributed by atoms with Crippen molar-refractivity contribution in [2.45, 2.75) is 119 Å². The van der Waals surface area contributed by atoms with E-state index in [1.165, 1.54) is 4.90 Å². The number of rotatable bonds is 13. The second kappa shape index (κ2) is 18.3. The molecule has 2 aliphatic heterocycles. The lowest BCUT2D eigenvalue weighted by molar-refractivity contribution is -0.340. The van der Waals surface area contributed by atoms with Gasteiger partial charge in [0.25, 0.3) is 0 Å². The Labute approximate surface area is 290 Å². The molecule has 3 aliphatic rings. The van der Waals surface area contributed by atoms with Crippen LogP contribution < -0.4 is 11.1 Å². The number of benzene rings is 1. The highest BCUT2D eigenvalue weighted by atomic mass is 16.7. The highest BCUT2D eigenvalue weighted by Crippen LogP contribution is 2.39. The van der Waals surface area contributed by atoms with Gasteiger partial charge in [0.05, 0.1) is 31.0 Å². The fourth-order valence-corrected chi connectivity index (χ4v) is 6.66. The summed E-state index contributed by atoms with van der Waals surface area (Å²) < 4.78 is 28.7. The van der Waals surface area contributed by atoms with Crippen LogP contribution in [0.25, 0.3) is 0 Å². The standard InChI is InChI=1S/C33H53N3O14/c1-4-19-24(40)26(42)27(43)32(47-19)49-29-16(2)12-18(30(28(29)44)50-31-25(41)22(34)23(39)20(14-37)48-31)13-21(38)36(3)11-10-35-33(45)46-15-17-8-6-5-7-9-17/h5-9,16,18-20,22-32,37,39-44H,4,10-15,34H2,1-3H3,(H,35,45)/t16-,18-,19+,20+,22-,23+,24+,25+,26-,27+,28-,29?,30-,31+,32+/m0/s1. The number of carbonyl (C=O) groups is 2. The number of amides is 2. The van der Waals surface area contributed by atoms with Crippen molar-refractivity contribution in [1.82, 2.24) is 10.2 Å². The molecule has 0 bridgehead atoms. The Morgan fingerprint density at radius 1 is 0.900 bits per heavy atom. The van der Waals surface area contributed by atoms with Crippen LogP contribution in [-0.4, -0.2) is 159 Å². The van der Waals surface area contributed by atoms with E-state index < -0.39 is 104 Å². The number of nitrogens with one attached hydrogen (secondary N) is 1. The first kappa shape index (κ1) is 40.3. The van der Waals surface area contributed by atoms with Crippen molar-refractivity contribution in [3.05, 3.63) is 35.9 Å².